The molecule has 29 heavy (non-hydrogen) atoms. The number of alkyl halides is 3. The van der Waals surface area contributed by atoms with Crippen molar-refractivity contribution < 1.29 is 17.9 Å². The number of halogens is 4. The van der Waals surface area contributed by atoms with Gasteiger partial charge < -0.3 is 15.4 Å². The molecular formula is C20H18F3IN4O. The number of nitrogens with zero attached hydrogens (tertiary/aromatic N) is 2. The number of rotatable bonds is 7. The van der Waals surface area contributed by atoms with Crippen molar-refractivity contribution in [2.24, 2.45) is 0 Å². The number of aromatic nitrogens is 2. The van der Waals surface area contributed by atoms with E-state index in [9.17, 15) is 13.2 Å². The number of anilines is 4. The molecule has 0 aliphatic heterocycles. The molecule has 0 saturated heterocycles. The second-order valence-corrected chi connectivity index (χ2v) is 7.30. The smallest absolute Gasteiger partial charge is 0.421 e. The van der Waals surface area contributed by atoms with Crippen LogP contribution in [0.25, 0.3) is 0 Å². The SMILES string of the molecule is CCCOc1ccccc1Nc1nc(Nc2ccc(I)cc2)ncc1C(F)(F)F. The van der Waals surface area contributed by atoms with E-state index in [1.807, 2.05) is 19.1 Å². The molecule has 0 unspecified atom stereocenters. The van der Waals surface area contributed by atoms with Crippen LogP contribution in [0.2, 0.25) is 0 Å². The molecule has 5 nitrogen and oxygen atoms in total. The summed E-state index contributed by atoms with van der Waals surface area (Å²) >= 11 is 2.16. The van der Waals surface area contributed by atoms with Gasteiger partial charge in [0.15, 0.2) is 0 Å². The van der Waals surface area contributed by atoms with Crippen molar-refractivity contribution in [3.63, 3.8) is 0 Å². The van der Waals surface area contributed by atoms with Crippen LogP contribution in [0.3, 0.4) is 0 Å². The molecule has 2 aromatic carbocycles. The van der Waals surface area contributed by atoms with Crippen molar-refractivity contribution >= 4 is 45.7 Å². The molecule has 1 aromatic heterocycles. The number of hydrogen-bond donors (Lipinski definition) is 2. The second-order valence-electron chi connectivity index (χ2n) is 6.06. The van der Waals surface area contributed by atoms with Gasteiger partial charge in [0.2, 0.25) is 5.95 Å². The minimum Gasteiger partial charge on any atom is -0.491 e. The number of benzene rings is 2. The second kappa shape index (κ2) is 9.29. The maximum absolute atomic E-state index is 13.5. The highest BCUT2D eigenvalue weighted by Gasteiger charge is 2.35. The van der Waals surface area contributed by atoms with Gasteiger partial charge in [-0.15, -0.1) is 0 Å². The lowest BCUT2D eigenvalue weighted by Crippen LogP contribution is -2.13. The average molecular weight is 514 g/mol. The Hall–Kier alpha value is -2.56. The van der Waals surface area contributed by atoms with Gasteiger partial charge in [-0.05, 0) is 65.4 Å². The quantitative estimate of drug-likeness (QED) is 0.359. The molecule has 0 radical (unpaired) electrons. The molecule has 0 aliphatic carbocycles. The first-order chi connectivity index (χ1) is 13.9. The first-order valence-electron chi connectivity index (χ1n) is 8.82. The van der Waals surface area contributed by atoms with Gasteiger partial charge in [-0.25, -0.2) is 4.98 Å². The molecule has 9 heteroatoms. The molecular weight excluding hydrogens is 496 g/mol. The summed E-state index contributed by atoms with van der Waals surface area (Å²) in [5.41, 5.74) is 0.101. The molecule has 2 N–H and O–H groups in total. The van der Waals surface area contributed by atoms with E-state index in [1.165, 1.54) is 0 Å². The third-order valence-corrected chi connectivity index (χ3v) is 4.52. The molecule has 1 heterocycles. The molecule has 0 spiro atoms. The van der Waals surface area contributed by atoms with E-state index < -0.39 is 11.7 Å². The molecule has 0 bridgehead atoms. The highest BCUT2D eigenvalue weighted by atomic mass is 127. The minimum absolute atomic E-state index is 0.0497. The first-order valence-corrected chi connectivity index (χ1v) is 9.90. The molecule has 0 saturated carbocycles. The predicted octanol–water partition coefficient (Wildman–Crippen LogP) is 6.38. The predicted molar refractivity (Wildman–Crippen MR) is 115 cm³/mol. The zero-order valence-corrected chi connectivity index (χ0v) is 17.6. The van der Waals surface area contributed by atoms with Crippen molar-refractivity contribution in [3.8, 4) is 5.75 Å². The highest BCUT2D eigenvalue weighted by Crippen LogP contribution is 2.37. The summed E-state index contributed by atoms with van der Waals surface area (Å²) < 4.78 is 47.1. The third kappa shape index (κ3) is 5.72. The van der Waals surface area contributed by atoms with Crippen molar-refractivity contribution in [3.05, 3.63) is 63.9 Å². The van der Waals surface area contributed by atoms with Crippen LogP contribution in [0.4, 0.5) is 36.3 Å². The Morgan fingerprint density at radius 3 is 2.45 bits per heavy atom. The van der Waals surface area contributed by atoms with Crippen LogP contribution >= 0.6 is 22.6 Å². The lowest BCUT2D eigenvalue weighted by atomic mass is 10.2. The standard InChI is InChI=1S/C20H18F3IN4O/c1-2-11-29-17-6-4-3-5-16(17)27-18-15(20(21,22)23)12-25-19(28-18)26-14-9-7-13(24)8-10-14/h3-10,12H,2,11H2,1H3,(H2,25,26,27,28). The Labute approximate surface area is 179 Å². The summed E-state index contributed by atoms with van der Waals surface area (Å²) in [6.07, 6.45) is -3.07. The van der Waals surface area contributed by atoms with E-state index in [0.717, 1.165) is 16.2 Å². The van der Waals surface area contributed by atoms with Crippen molar-refractivity contribution in [1.82, 2.24) is 9.97 Å². The Morgan fingerprint density at radius 1 is 1.03 bits per heavy atom. The topological polar surface area (TPSA) is 59.1 Å². The molecule has 3 aromatic rings. The highest BCUT2D eigenvalue weighted by molar-refractivity contribution is 14.1. The van der Waals surface area contributed by atoms with E-state index >= 15 is 0 Å². The summed E-state index contributed by atoms with van der Waals surface area (Å²) in [5.74, 6) is 0.148. The maximum Gasteiger partial charge on any atom is 0.421 e. The van der Waals surface area contributed by atoms with E-state index in [1.54, 1.807) is 36.4 Å². The summed E-state index contributed by atoms with van der Waals surface area (Å²) in [6, 6.07) is 14.1. The van der Waals surface area contributed by atoms with Gasteiger partial charge in [0.05, 0.1) is 12.3 Å². The van der Waals surface area contributed by atoms with Crippen molar-refractivity contribution in [2.75, 3.05) is 17.2 Å². The Morgan fingerprint density at radius 2 is 1.76 bits per heavy atom. The number of hydrogen-bond acceptors (Lipinski definition) is 5. The summed E-state index contributed by atoms with van der Waals surface area (Å²) in [7, 11) is 0. The Bertz CT molecular complexity index is 965. The van der Waals surface area contributed by atoms with Gasteiger partial charge in [-0.1, -0.05) is 19.1 Å². The van der Waals surface area contributed by atoms with Gasteiger partial charge in [-0.2, -0.15) is 18.2 Å². The fourth-order valence-electron chi connectivity index (χ4n) is 2.44. The molecule has 152 valence electrons. The summed E-state index contributed by atoms with van der Waals surface area (Å²) in [6.45, 7) is 2.40. The summed E-state index contributed by atoms with van der Waals surface area (Å²) in [4.78, 5) is 7.88. The first kappa shape index (κ1) is 21.2. The number of nitrogens with one attached hydrogen (secondary N) is 2. The van der Waals surface area contributed by atoms with Crippen LogP contribution in [0.5, 0.6) is 5.75 Å². The zero-order chi connectivity index (χ0) is 20.9. The monoisotopic (exact) mass is 514 g/mol. The molecule has 3 rings (SSSR count). The van der Waals surface area contributed by atoms with E-state index in [4.69, 9.17) is 4.74 Å². The van der Waals surface area contributed by atoms with Crippen LogP contribution in [0.1, 0.15) is 18.9 Å². The van der Waals surface area contributed by atoms with Gasteiger partial charge in [-0.3, -0.25) is 0 Å². The summed E-state index contributed by atoms with van der Waals surface area (Å²) in [5, 5.41) is 5.68. The molecule has 0 atom stereocenters. The van der Waals surface area contributed by atoms with Gasteiger partial charge in [0.1, 0.15) is 17.1 Å². The third-order valence-electron chi connectivity index (χ3n) is 3.80. The minimum atomic E-state index is -4.61. The fourth-order valence-corrected chi connectivity index (χ4v) is 2.80. The van der Waals surface area contributed by atoms with Gasteiger partial charge in [0.25, 0.3) is 0 Å². The van der Waals surface area contributed by atoms with Crippen LogP contribution < -0.4 is 15.4 Å². The van der Waals surface area contributed by atoms with Gasteiger partial charge >= 0.3 is 6.18 Å². The van der Waals surface area contributed by atoms with Crippen molar-refractivity contribution in [2.45, 2.75) is 19.5 Å². The van der Waals surface area contributed by atoms with Crippen LogP contribution in [-0.2, 0) is 6.18 Å². The van der Waals surface area contributed by atoms with Crippen LogP contribution in [0, 0.1) is 3.57 Å². The normalized spacial score (nSPS) is 11.2. The van der Waals surface area contributed by atoms with Crippen molar-refractivity contribution in [1.29, 1.82) is 0 Å². The van der Waals surface area contributed by atoms with Gasteiger partial charge in [0, 0.05) is 15.5 Å². The number of ether oxygens (including phenoxy) is 1. The molecule has 0 fully saturated rings. The van der Waals surface area contributed by atoms with E-state index in [0.29, 0.717) is 23.7 Å². The maximum atomic E-state index is 13.5. The average Bonchev–Trinajstić information content (AvgIpc) is 2.68. The van der Waals surface area contributed by atoms with E-state index in [2.05, 4.69) is 43.2 Å². The lowest BCUT2D eigenvalue weighted by molar-refractivity contribution is -0.137. The Balaban J connectivity index is 1.94. The van der Waals surface area contributed by atoms with Crippen LogP contribution in [-0.4, -0.2) is 16.6 Å². The molecule has 0 aliphatic rings. The van der Waals surface area contributed by atoms with Crippen LogP contribution in [0.15, 0.2) is 54.7 Å². The van der Waals surface area contributed by atoms with E-state index in [-0.39, 0.29) is 11.8 Å². The lowest BCUT2D eigenvalue weighted by Gasteiger charge is -2.17. The Kier molecular flexibility index (Phi) is 6.78. The zero-order valence-electron chi connectivity index (χ0n) is 15.4. The molecule has 0 amide bonds. The number of para-hydroxylation sites is 2. The fraction of sp³-hybridized carbons (Fsp3) is 0.200. The largest absolute Gasteiger partial charge is 0.491 e.